The second kappa shape index (κ2) is 4.53. The lowest BCUT2D eigenvalue weighted by molar-refractivity contribution is 0.0852. The van der Waals surface area contributed by atoms with Gasteiger partial charge in [0.25, 0.3) is 0 Å². The van der Waals surface area contributed by atoms with E-state index < -0.39 is 0 Å². The zero-order valence-electron chi connectivity index (χ0n) is 8.90. The number of phenolic OH excluding ortho intramolecular Hbond substituents is 1. The number of phenols is 1. The second-order valence-corrected chi connectivity index (χ2v) is 3.85. The van der Waals surface area contributed by atoms with Crippen LogP contribution >= 0.6 is 0 Å². The summed E-state index contributed by atoms with van der Waals surface area (Å²) in [6.07, 6.45) is 2.04. The SMILES string of the molecule is COc1cc(O)cc(C2CCOCC2)c1. The summed E-state index contributed by atoms with van der Waals surface area (Å²) in [4.78, 5) is 0. The smallest absolute Gasteiger partial charge is 0.122 e. The number of hydrogen-bond donors (Lipinski definition) is 1. The molecule has 15 heavy (non-hydrogen) atoms. The molecule has 2 rings (SSSR count). The van der Waals surface area contributed by atoms with Crippen LogP contribution in [0.5, 0.6) is 11.5 Å². The summed E-state index contributed by atoms with van der Waals surface area (Å²) in [7, 11) is 1.61. The van der Waals surface area contributed by atoms with E-state index in [2.05, 4.69) is 0 Å². The van der Waals surface area contributed by atoms with Crippen molar-refractivity contribution in [2.75, 3.05) is 20.3 Å². The Bertz CT molecular complexity index is 330. The molecule has 1 aromatic rings. The number of ether oxygens (including phenoxy) is 2. The van der Waals surface area contributed by atoms with Crippen LogP contribution in [0.15, 0.2) is 18.2 Å². The molecule has 0 aliphatic carbocycles. The maximum absolute atomic E-state index is 9.54. The van der Waals surface area contributed by atoms with Crippen LogP contribution in [0.1, 0.15) is 24.3 Å². The van der Waals surface area contributed by atoms with Crippen molar-refractivity contribution in [1.82, 2.24) is 0 Å². The van der Waals surface area contributed by atoms with Gasteiger partial charge in [0.15, 0.2) is 0 Å². The highest BCUT2D eigenvalue weighted by Crippen LogP contribution is 2.32. The fourth-order valence-electron chi connectivity index (χ4n) is 1.99. The highest BCUT2D eigenvalue weighted by molar-refractivity contribution is 5.39. The highest BCUT2D eigenvalue weighted by Gasteiger charge is 2.17. The molecule has 0 radical (unpaired) electrons. The topological polar surface area (TPSA) is 38.7 Å². The largest absolute Gasteiger partial charge is 0.508 e. The van der Waals surface area contributed by atoms with E-state index in [-0.39, 0.29) is 5.75 Å². The van der Waals surface area contributed by atoms with Crippen LogP contribution in [0.3, 0.4) is 0 Å². The van der Waals surface area contributed by atoms with Crippen LogP contribution in [-0.2, 0) is 4.74 Å². The molecule has 3 nitrogen and oxygen atoms in total. The molecule has 1 heterocycles. The van der Waals surface area contributed by atoms with Gasteiger partial charge in [0.2, 0.25) is 0 Å². The van der Waals surface area contributed by atoms with Crippen LogP contribution in [0, 0.1) is 0 Å². The van der Waals surface area contributed by atoms with Crippen LogP contribution in [-0.4, -0.2) is 25.4 Å². The molecule has 0 amide bonds. The summed E-state index contributed by atoms with van der Waals surface area (Å²) >= 11 is 0. The van der Waals surface area contributed by atoms with Gasteiger partial charge in [-0.25, -0.2) is 0 Å². The van der Waals surface area contributed by atoms with Gasteiger partial charge in [-0.1, -0.05) is 0 Å². The number of rotatable bonds is 2. The van der Waals surface area contributed by atoms with Gasteiger partial charge in [-0.05, 0) is 36.5 Å². The molecule has 82 valence electrons. The van der Waals surface area contributed by atoms with E-state index in [1.807, 2.05) is 12.1 Å². The Kier molecular flexibility index (Phi) is 3.11. The summed E-state index contributed by atoms with van der Waals surface area (Å²) in [5, 5.41) is 9.54. The van der Waals surface area contributed by atoms with Crippen molar-refractivity contribution in [2.24, 2.45) is 0 Å². The first-order valence-corrected chi connectivity index (χ1v) is 5.25. The fraction of sp³-hybridized carbons (Fsp3) is 0.500. The van der Waals surface area contributed by atoms with Crippen LogP contribution in [0.4, 0.5) is 0 Å². The van der Waals surface area contributed by atoms with Crippen molar-refractivity contribution in [1.29, 1.82) is 0 Å². The Labute approximate surface area is 89.6 Å². The molecular formula is C12H16O3. The van der Waals surface area contributed by atoms with E-state index in [4.69, 9.17) is 9.47 Å². The van der Waals surface area contributed by atoms with Gasteiger partial charge in [0.05, 0.1) is 7.11 Å². The first kappa shape index (κ1) is 10.3. The van der Waals surface area contributed by atoms with Gasteiger partial charge in [-0.3, -0.25) is 0 Å². The molecule has 1 aromatic carbocycles. The Morgan fingerprint density at radius 3 is 2.67 bits per heavy atom. The molecular weight excluding hydrogens is 192 g/mol. The van der Waals surface area contributed by atoms with E-state index in [1.165, 1.54) is 0 Å². The molecule has 1 N–H and O–H groups in total. The van der Waals surface area contributed by atoms with Crippen molar-refractivity contribution in [3.05, 3.63) is 23.8 Å². The summed E-state index contributed by atoms with van der Waals surface area (Å²) in [6.45, 7) is 1.62. The summed E-state index contributed by atoms with van der Waals surface area (Å²) in [6, 6.07) is 5.44. The van der Waals surface area contributed by atoms with Gasteiger partial charge < -0.3 is 14.6 Å². The van der Waals surface area contributed by atoms with Crippen molar-refractivity contribution < 1.29 is 14.6 Å². The van der Waals surface area contributed by atoms with Crippen molar-refractivity contribution in [2.45, 2.75) is 18.8 Å². The predicted octanol–water partition coefficient (Wildman–Crippen LogP) is 2.29. The molecule has 0 saturated carbocycles. The average Bonchev–Trinajstić information content (AvgIpc) is 2.29. The first-order valence-electron chi connectivity index (χ1n) is 5.25. The fourth-order valence-corrected chi connectivity index (χ4v) is 1.99. The van der Waals surface area contributed by atoms with Gasteiger partial charge in [0, 0.05) is 19.3 Å². The van der Waals surface area contributed by atoms with Crippen LogP contribution < -0.4 is 4.74 Å². The normalized spacial score (nSPS) is 17.7. The van der Waals surface area contributed by atoms with E-state index in [0.29, 0.717) is 5.92 Å². The lowest BCUT2D eigenvalue weighted by Gasteiger charge is -2.22. The minimum Gasteiger partial charge on any atom is -0.508 e. The van der Waals surface area contributed by atoms with E-state index in [0.717, 1.165) is 37.4 Å². The Hall–Kier alpha value is -1.22. The van der Waals surface area contributed by atoms with E-state index in [9.17, 15) is 5.11 Å². The monoisotopic (exact) mass is 208 g/mol. The highest BCUT2D eigenvalue weighted by atomic mass is 16.5. The third-order valence-electron chi connectivity index (χ3n) is 2.84. The van der Waals surface area contributed by atoms with Crippen molar-refractivity contribution in [3.63, 3.8) is 0 Å². The van der Waals surface area contributed by atoms with Crippen molar-refractivity contribution >= 4 is 0 Å². The van der Waals surface area contributed by atoms with E-state index in [1.54, 1.807) is 13.2 Å². The summed E-state index contributed by atoms with van der Waals surface area (Å²) in [5.74, 6) is 1.48. The molecule has 1 fully saturated rings. The first-order chi connectivity index (χ1) is 7.29. The average molecular weight is 208 g/mol. The molecule has 0 bridgehead atoms. The van der Waals surface area contributed by atoms with Gasteiger partial charge in [-0.15, -0.1) is 0 Å². The van der Waals surface area contributed by atoms with E-state index >= 15 is 0 Å². The zero-order chi connectivity index (χ0) is 10.7. The van der Waals surface area contributed by atoms with Gasteiger partial charge >= 0.3 is 0 Å². The zero-order valence-corrected chi connectivity index (χ0v) is 8.90. The molecule has 3 heteroatoms. The van der Waals surface area contributed by atoms with Gasteiger partial charge in [0.1, 0.15) is 11.5 Å². The standard InChI is InChI=1S/C12H16O3/c1-14-12-7-10(6-11(13)8-12)9-2-4-15-5-3-9/h6-9,13H,2-5H2,1H3. The summed E-state index contributed by atoms with van der Waals surface area (Å²) < 4.78 is 10.4. The Morgan fingerprint density at radius 1 is 1.27 bits per heavy atom. The predicted molar refractivity (Wildman–Crippen MR) is 57.5 cm³/mol. The van der Waals surface area contributed by atoms with Crippen molar-refractivity contribution in [3.8, 4) is 11.5 Å². The lowest BCUT2D eigenvalue weighted by Crippen LogP contribution is -2.14. The minimum atomic E-state index is 0.274. The molecule has 1 saturated heterocycles. The minimum absolute atomic E-state index is 0.274. The second-order valence-electron chi connectivity index (χ2n) is 3.85. The van der Waals surface area contributed by atoms with Crippen LogP contribution in [0.25, 0.3) is 0 Å². The lowest BCUT2D eigenvalue weighted by atomic mass is 9.91. The quantitative estimate of drug-likeness (QED) is 0.810. The molecule has 0 atom stereocenters. The number of benzene rings is 1. The van der Waals surface area contributed by atoms with Crippen LogP contribution in [0.2, 0.25) is 0 Å². The third kappa shape index (κ3) is 2.42. The van der Waals surface area contributed by atoms with Gasteiger partial charge in [-0.2, -0.15) is 0 Å². The maximum Gasteiger partial charge on any atom is 0.122 e. The number of methoxy groups -OCH3 is 1. The molecule has 0 unspecified atom stereocenters. The third-order valence-corrected chi connectivity index (χ3v) is 2.84. The summed E-state index contributed by atoms with van der Waals surface area (Å²) in [5.41, 5.74) is 1.15. The number of hydrogen-bond acceptors (Lipinski definition) is 3. The Balaban J connectivity index is 2.22. The molecule has 0 aromatic heterocycles. The molecule has 0 spiro atoms. The molecule has 1 aliphatic heterocycles. The Morgan fingerprint density at radius 2 is 2.00 bits per heavy atom. The maximum atomic E-state index is 9.54. The number of aromatic hydroxyl groups is 1. The molecule has 1 aliphatic rings.